The van der Waals surface area contributed by atoms with E-state index in [0.717, 1.165) is 6.42 Å². The van der Waals surface area contributed by atoms with Crippen LogP contribution >= 0.6 is 11.3 Å². The summed E-state index contributed by atoms with van der Waals surface area (Å²) in [6, 6.07) is 4.14. The van der Waals surface area contributed by atoms with Crippen LogP contribution in [0.25, 0.3) is 0 Å². The third kappa shape index (κ3) is 2.93. The molecule has 0 atom stereocenters. The van der Waals surface area contributed by atoms with Crippen molar-refractivity contribution in [2.45, 2.75) is 6.42 Å². The van der Waals surface area contributed by atoms with Gasteiger partial charge in [0.05, 0.1) is 19.0 Å². The van der Waals surface area contributed by atoms with E-state index in [1.54, 1.807) is 30.8 Å². The Hall–Kier alpha value is -1.62. The van der Waals surface area contributed by atoms with Gasteiger partial charge in [0.1, 0.15) is 5.82 Å². The summed E-state index contributed by atoms with van der Waals surface area (Å²) in [6.07, 6.45) is 4.19. The van der Waals surface area contributed by atoms with Gasteiger partial charge in [-0.25, -0.2) is 0 Å². The second-order valence-electron chi connectivity index (χ2n) is 3.17. The average molecular weight is 235 g/mol. The molecule has 0 unspecified atom stereocenters. The third-order valence-corrected chi connectivity index (χ3v) is 2.98. The van der Waals surface area contributed by atoms with Gasteiger partial charge < -0.3 is 10.1 Å². The summed E-state index contributed by atoms with van der Waals surface area (Å²) >= 11 is 1.74. The lowest BCUT2D eigenvalue weighted by molar-refractivity contribution is 0.309. The monoisotopic (exact) mass is 235 g/mol. The molecule has 1 N–H and O–H groups in total. The number of hydrogen-bond donors (Lipinski definition) is 1. The lowest BCUT2D eigenvalue weighted by Gasteiger charge is -2.05. The first-order chi connectivity index (χ1) is 7.88. The van der Waals surface area contributed by atoms with E-state index in [4.69, 9.17) is 4.74 Å². The van der Waals surface area contributed by atoms with Crippen LogP contribution in [0, 0.1) is 0 Å². The van der Waals surface area contributed by atoms with Crippen molar-refractivity contribution in [3.05, 3.63) is 34.8 Å². The van der Waals surface area contributed by atoms with E-state index in [2.05, 4.69) is 26.7 Å². The molecule has 0 bridgehead atoms. The van der Waals surface area contributed by atoms with Crippen molar-refractivity contribution in [1.82, 2.24) is 9.97 Å². The molecule has 0 saturated heterocycles. The minimum absolute atomic E-state index is 0.559. The summed E-state index contributed by atoms with van der Waals surface area (Å²) in [5.74, 6) is 1.28. The molecule has 16 heavy (non-hydrogen) atoms. The van der Waals surface area contributed by atoms with Crippen LogP contribution in [0.3, 0.4) is 0 Å². The summed E-state index contributed by atoms with van der Waals surface area (Å²) in [5, 5.41) is 4.99. The molecule has 0 aliphatic rings. The molecule has 0 amide bonds. The predicted molar refractivity (Wildman–Crippen MR) is 65.1 cm³/mol. The highest BCUT2D eigenvalue weighted by Gasteiger charge is 1.99. The van der Waals surface area contributed by atoms with Gasteiger partial charge in [-0.05, 0) is 11.4 Å². The van der Waals surface area contributed by atoms with Gasteiger partial charge in [-0.1, -0.05) is 6.07 Å². The molecule has 2 heterocycles. The molecule has 2 aromatic heterocycles. The van der Waals surface area contributed by atoms with Gasteiger partial charge in [0.25, 0.3) is 0 Å². The van der Waals surface area contributed by atoms with Gasteiger partial charge in [0.15, 0.2) is 0 Å². The highest BCUT2D eigenvalue weighted by molar-refractivity contribution is 7.09. The summed E-state index contributed by atoms with van der Waals surface area (Å²) in [5.41, 5.74) is 0. The molecular formula is C11H13N3OS. The molecule has 2 aromatic rings. The van der Waals surface area contributed by atoms with Gasteiger partial charge in [0, 0.05) is 18.3 Å². The van der Waals surface area contributed by atoms with E-state index >= 15 is 0 Å². The predicted octanol–water partition coefficient (Wildman–Crippen LogP) is 2.20. The van der Waals surface area contributed by atoms with Gasteiger partial charge in [-0.3, -0.25) is 4.98 Å². The lowest BCUT2D eigenvalue weighted by atomic mass is 10.4. The Kier molecular flexibility index (Phi) is 3.71. The van der Waals surface area contributed by atoms with E-state index in [1.165, 1.54) is 4.88 Å². The van der Waals surface area contributed by atoms with Crippen LogP contribution in [-0.4, -0.2) is 23.6 Å². The second-order valence-corrected chi connectivity index (χ2v) is 4.20. The summed E-state index contributed by atoms with van der Waals surface area (Å²) < 4.78 is 5.51. The maximum Gasteiger partial charge on any atom is 0.234 e. The zero-order valence-corrected chi connectivity index (χ0v) is 9.83. The van der Waals surface area contributed by atoms with Crippen LogP contribution in [0.2, 0.25) is 0 Å². The number of nitrogens with zero attached hydrogens (tertiary/aromatic N) is 2. The summed E-state index contributed by atoms with van der Waals surface area (Å²) in [6.45, 7) is 0.627. The normalized spacial score (nSPS) is 10.1. The number of hydrogen-bond acceptors (Lipinski definition) is 5. The largest absolute Gasteiger partial charge is 0.476 e. The lowest BCUT2D eigenvalue weighted by Crippen LogP contribution is -2.03. The van der Waals surface area contributed by atoms with Crippen molar-refractivity contribution in [2.75, 3.05) is 19.0 Å². The maximum atomic E-state index is 5.51. The molecule has 0 radical (unpaired) electrons. The van der Waals surface area contributed by atoms with Crippen molar-refractivity contribution in [1.29, 1.82) is 0 Å². The standard InChI is InChI=1S/C11H13N3OS/c1-12-10-7-13-8-11(14-10)15-5-4-9-3-2-6-16-9/h2-3,6-8H,4-5H2,1H3,(H,12,14). The Morgan fingerprint density at radius 1 is 1.44 bits per heavy atom. The van der Waals surface area contributed by atoms with Crippen molar-refractivity contribution in [3.63, 3.8) is 0 Å². The van der Waals surface area contributed by atoms with Crippen molar-refractivity contribution < 1.29 is 4.74 Å². The number of thiophene rings is 1. The molecule has 0 aliphatic heterocycles. The molecule has 84 valence electrons. The van der Waals surface area contributed by atoms with Gasteiger partial charge in [0.2, 0.25) is 5.88 Å². The quantitative estimate of drug-likeness (QED) is 0.863. The first kappa shape index (κ1) is 10.9. The molecule has 2 rings (SSSR count). The smallest absolute Gasteiger partial charge is 0.234 e. The van der Waals surface area contributed by atoms with E-state index in [1.807, 2.05) is 6.07 Å². The molecule has 4 nitrogen and oxygen atoms in total. The van der Waals surface area contributed by atoms with E-state index in [0.29, 0.717) is 18.3 Å². The average Bonchev–Trinajstić information content (AvgIpc) is 2.82. The van der Waals surface area contributed by atoms with E-state index in [-0.39, 0.29) is 0 Å². The van der Waals surface area contributed by atoms with Crippen LogP contribution < -0.4 is 10.1 Å². The van der Waals surface area contributed by atoms with Crippen molar-refractivity contribution in [3.8, 4) is 5.88 Å². The second kappa shape index (κ2) is 5.46. The summed E-state index contributed by atoms with van der Waals surface area (Å²) in [7, 11) is 1.81. The van der Waals surface area contributed by atoms with Crippen molar-refractivity contribution in [2.24, 2.45) is 0 Å². The van der Waals surface area contributed by atoms with Crippen molar-refractivity contribution >= 4 is 17.2 Å². The first-order valence-electron chi connectivity index (χ1n) is 5.03. The number of anilines is 1. The number of aromatic nitrogens is 2. The Bertz CT molecular complexity index is 431. The molecule has 0 aromatic carbocycles. The van der Waals surface area contributed by atoms with E-state index in [9.17, 15) is 0 Å². The first-order valence-corrected chi connectivity index (χ1v) is 5.91. The third-order valence-electron chi connectivity index (χ3n) is 2.05. The Morgan fingerprint density at radius 3 is 3.12 bits per heavy atom. The fourth-order valence-electron chi connectivity index (χ4n) is 1.25. The minimum Gasteiger partial charge on any atom is -0.476 e. The summed E-state index contributed by atoms with van der Waals surface area (Å²) in [4.78, 5) is 9.56. The fraction of sp³-hybridized carbons (Fsp3) is 0.273. The highest BCUT2D eigenvalue weighted by Crippen LogP contribution is 2.11. The van der Waals surface area contributed by atoms with Crippen LogP contribution in [0.15, 0.2) is 29.9 Å². The number of ether oxygens (including phenoxy) is 1. The molecular weight excluding hydrogens is 222 g/mol. The minimum atomic E-state index is 0.559. The van der Waals surface area contributed by atoms with E-state index < -0.39 is 0 Å². The Morgan fingerprint density at radius 2 is 2.38 bits per heavy atom. The molecule has 0 saturated carbocycles. The van der Waals surface area contributed by atoms with Gasteiger partial charge >= 0.3 is 0 Å². The Balaban J connectivity index is 1.85. The highest BCUT2D eigenvalue weighted by atomic mass is 32.1. The van der Waals surface area contributed by atoms with Crippen LogP contribution in [0.5, 0.6) is 5.88 Å². The zero-order chi connectivity index (χ0) is 11.2. The molecule has 5 heteroatoms. The zero-order valence-electron chi connectivity index (χ0n) is 9.01. The van der Waals surface area contributed by atoms with Crippen LogP contribution in [0.1, 0.15) is 4.88 Å². The van der Waals surface area contributed by atoms with Gasteiger partial charge in [-0.15, -0.1) is 11.3 Å². The molecule has 0 aliphatic carbocycles. The molecule has 0 spiro atoms. The van der Waals surface area contributed by atoms with Crippen LogP contribution in [0.4, 0.5) is 5.82 Å². The SMILES string of the molecule is CNc1cncc(OCCc2cccs2)n1. The molecule has 0 fully saturated rings. The number of nitrogens with one attached hydrogen (secondary N) is 1. The van der Waals surface area contributed by atoms with Crippen LogP contribution in [-0.2, 0) is 6.42 Å². The Labute approximate surface area is 98.3 Å². The van der Waals surface area contributed by atoms with Gasteiger partial charge in [-0.2, -0.15) is 4.98 Å². The fourth-order valence-corrected chi connectivity index (χ4v) is 1.94. The number of rotatable bonds is 5. The topological polar surface area (TPSA) is 47.0 Å². The maximum absolute atomic E-state index is 5.51.